The van der Waals surface area contributed by atoms with Gasteiger partial charge in [-0.25, -0.2) is 0 Å². The maximum atomic E-state index is 11.8. The van der Waals surface area contributed by atoms with Crippen LogP contribution >= 0.6 is 0 Å². The van der Waals surface area contributed by atoms with E-state index >= 15 is 0 Å². The Morgan fingerprint density at radius 2 is 0.667 bits per heavy atom. The Bertz CT molecular complexity index is 6730. The maximum Gasteiger partial charge on any atom is 0.252 e. The lowest BCUT2D eigenvalue weighted by atomic mass is 9.32. The van der Waals surface area contributed by atoms with E-state index in [9.17, 15) is 27.4 Å². The van der Waals surface area contributed by atoms with Crippen molar-refractivity contribution in [2.45, 2.75) is 85.4 Å². The monoisotopic (exact) mass is 1260 g/mol. The van der Waals surface area contributed by atoms with Gasteiger partial charge in [-0.1, -0.05) is 268 Å². The van der Waals surface area contributed by atoms with E-state index in [1.165, 1.54) is 0 Å². The highest BCUT2D eigenvalue weighted by atomic mass is 15.2. The van der Waals surface area contributed by atoms with E-state index in [0.717, 1.165) is 20.3 Å². The summed E-state index contributed by atoms with van der Waals surface area (Å²) >= 11 is 0. The van der Waals surface area contributed by atoms with Gasteiger partial charge in [-0.15, -0.1) is 0 Å². The fourth-order valence-corrected chi connectivity index (χ4v) is 14.1. The Hall–Kier alpha value is -10.9. The van der Waals surface area contributed by atoms with E-state index in [-0.39, 0.29) is 49.9 Å². The predicted molar refractivity (Wildman–Crippen MR) is 412 cm³/mol. The van der Waals surface area contributed by atoms with Crippen LogP contribution in [0.5, 0.6) is 0 Å². The molecule has 96 heavy (non-hydrogen) atoms. The highest BCUT2D eigenvalue weighted by Crippen LogP contribution is 2.56. The second-order valence-electron chi connectivity index (χ2n) is 27.9. The summed E-state index contributed by atoms with van der Waals surface area (Å²) < 4.78 is 242. The molecule has 0 N–H and O–H groups in total. The van der Waals surface area contributed by atoms with Crippen LogP contribution in [-0.2, 0) is 16.2 Å². The lowest BCUT2D eigenvalue weighted by Crippen LogP contribution is -2.62. The van der Waals surface area contributed by atoms with Crippen LogP contribution in [0.2, 0.25) is 0 Å². The minimum atomic E-state index is -3.58. The van der Waals surface area contributed by atoms with Crippen molar-refractivity contribution in [3.63, 3.8) is 0 Å². The van der Waals surface area contributed by atoms with Gasteiger partial charge in [0.05, 0.1) is 62.2 Å². The number of hydrogen-bond donors (Lipinski definition) is 0. The van der Waals surface area contributed by atoms with E-state index in [2.05, 4.69) is 41.5 Å². The molecule has 0 fully saturated rings. The van der Waals surface area contributed by atoms with Crippen molar-refractivity contribution in [3.05, 3.63) is 307 Å². The Balaban J connectivity index is 1.20. The quantitative estimate of drug-likeness (QED) is 0.141. The Morgan fingerprint density at radius 1 is 0.333 bits per heavy atom. The lowest BCUT2D eigenvalue weighted by molar-refractivity contribution is 0.590. The normalized spacial score (nSPS) is 16.7. The zero-order chi connectivity index (χ0) is 86.3. The summed E-state index contributed by atoms with van der Waals surface area (Å²) in [4.78, 5) is 3.62. The molecule has 17 rings (SSSR count). The Labute approximate surface area is 598 Å². The largest absolute Gasteiger partial charge is 0.310 e. The third kappa shape index (κ3) is 9.41. The number of anilines is 6. The number of benzene rings is 13. The number of aromatic nitrogens is 2. The molecular formula is C91H77BN4. The topological polar surface area (TPSA) is 16.3 Å². The molecule has 5 heteroatoms. The third-order valence-electron chi connectivity index (χ3n) is 18.9. The second-order valence-corrected chi connectivity index (χ2v) is 27.9. The summed E-state index contributed by atoms with van der Waals surface area (Å²) in [6.07, 6.45) is 0. The number of nitrogens with zero attached hydrogens (tertiary/aromatic N) is 4. The molecule has 0 saturated carbocycles. The average molecular weight is 1260 g/mol. The molecule has 13 aromatic carbocycles. The predicted octanol–water partition coefficient (Wildman–Crippen LogP) is 22.8. The first-order valence-electron chi connectivity index (χ1n) is 44.2. The molecule has 0 amide bonds. The summed E-state index contributed by atoms with van der Waals surface area (Å²) in [5.41, 5.74) is 0.691. The molecule has 2 aromatic heterocycles. The van der Waals surface area contributed by atoms with Gasteiger partial charge < -0.3 is 18.9 Å². The van der Waals surface area contributed by atoms with Gasteiger partial charge in [-0.2, -0.15) is 0 Å². The van der Waals surface area contributed by atoms with Gasteiger partial charge in [0.15, 0.2) is 0 Å². The standard InChI is InChI=1S/C91H77BN4/c1-58-49-67(94-79-45-29-25-41-70(79)71-42-26-30-46-80(71)94)57-84-85(58)92-76-48-47-66(93-77-43-27-23-39-68(77)69-40-24-28-44-78(69)93)56-81(76)95(87-72(59-31-15-11-16-32-59)50-63(89(2,3)4)51-73(87)60-33-17-12-18-34-60)82-54-65(91(8,9)10)55-83(86(82)92)96(84)88-74(61-35-19-13-20-36-61)52-64(90(5,6)7)53-75(88)62-37-21-14-22-38-62/h11-57H,1-10H3/i1D3,23D,24D,25D,26D,27D,28D,29D,30D,39D,40D,41D,42D,43D,44D,45D,46D,47D,48D,49D,56D,57D. The lowest BCUT2D eigenvalue weighted by Gasteiger charge is -2.47. The molecule has 0 saturated heterocycles. The molecule has 0 atom stereocenters. The van der Waals surface area contributed by atoms with Crippen LogP contribution in [0.15, 0.2) is 285 Å². The van der Waals surface area contributed by atoms with Gasteiger partial charge in [0.25, 0.3) is 6.71 Å². The van der Waals surface area contributed by atoms with Crippen molar-refractivity contribution in [2.24, 2.45) is 0 Å². The summed E-state index contributed by atoms with van der Waals surface area (Å²) in [7, 11) is 0. The van der Waals surface area contributed by atoms with Crippen LogP contribution in [0.3, 0.4) is 0 Å². The van der Waals surface area contributed by atoms with Crippen molar-refractivity contribution in [1.82, 2.24) is 9.13 Å². The fraction of sp³-hybridized carbons (Fsp3) is 0.143. The van der Waals surface area contributed by atoms with Crippen molar-refractivity contribution in [3.8, 4) is 55.9 Å². The van der Waals surface area contributed by atoms with Gasteiger partial charge in [-0.3, -0.25) is 0 Å². The van der Waals surface area contributed by atoms with Crippen LogP contribution in [-0.4, -0.2) is 15.8 Å². The smallest absolute Gasteiger partial charge is 0.252 e. The summed E-state index contributed by atoms with van der Waals surface area (Å²) in [5.74, 6) is 0. The van der Waals surface area contributed by atoms with Crippen LogP contribution in [0, 0.1) is 6.85 Å². The molecule has 0 radical (unpaired) electrons. The Morgan fingerprint density at radius 3 is 1.03 bits per heavy atom. The average Bonchev–Trinajstić information content (AvgIpc) is 0.803. The number of para-hydroxylation sites is 4. The number of fused-ring (bicyclic) bond motifs is 10. The number of rotatable bonds is 8. The zero-order valence-electron chi connectivity index (χ0n) is 78.4. The summed E-state index contributed by atoms with van der Waals surface area (Å²) in [6, 6.07) is 33.4. The summed E-state index contributed by atoms with van der Waals surface area (Å²) in [5, 5.41) is -1.63. The van der Waals surface area contributed by atoms with Gasteiger partial charge in [0, 0.05) is 82.0 Å². The van der Waals surface area contributed by atoms with Crippen LogP contribution < -0.4 is 26.2 Å². The molecule has 4 nitrogen and oxygen atoms in total. The minimum absolute atomic E-state index is 0.205. The molecule has 15 aromatic rings. The van der Waals surface area contributed by atoms with Crippen LogP contribution in [0.25, 0.3) is 99.5 Å². The minimum Gasteiger partial charge on any atom is -0.310 e. The van der Waals surface area contributed by atoms with Crippen molar-refractivity contribution in [1.29, 1.82) is 0 Å². The van der Waals surface area contributed by atoms with E-state index in [1.54, 1.807) is 4.90 Å². The summed E-state index contributed by atoms with van der Waals surface area (Å²) in [6.45, 7) is 12.9. The highest BCUT2D eigenvalue weighted by Gasteiger charge is 2.47. The molecule has 0 bridgehead atoms. The van der Waals surface area contributed by atoms with Crippen molar-refractivity contribution >= 4 is 101 Å². The second kappa shape index (κ2) is 22.1. The first-order chi connectivity index (χ1) is 56.4. The molecule has 2 aliphatic rings. The van der Waals surface area contributed by atoms with Crippen LogP contribution in [0.4, 0.5) is 34.1 Å². The first-order valence-corrected chi connectivity index (χ1v) is 32.2. The molecule has 2 aliphatic heterocycles. The van der Waals surface area contributed by atoms with E-state index in [4.69, 9.17) is 5.48 Å². The van der Waals surface area contributed by atoms with Gasteiger partial charge in [0.2, 0.25) is 0 Å². The van der Waals surface area contributed by atoms with Crippen molar-refractivity contribution in [2.75, 3.05) is 9.80 Å². The Kier molecular flexibility index (Phi) is 8.86. The molecule has 0 spiro atoms. The van der Waals surface area contributed by atoms with E-state index < -0.39 is 206 Å². The molecule has 4 heterocycles. The van der Waals surface area contributed by atoms with Gasteiger partial charge in [-0.05, 0) is 163 Å². The third-order valence-corrected chi connectivity index (χ3v) is 18.9. The van der Waals surface area contributed by atoms with E-state index in [1.807, 2.05) is 183 Å². The van der Waals surface area contributed by atoms with Gasteiger partial charge in [0.1, 0.15) is 0 Å². The molecule has 464 valence electrons. The maximum absolute atomic E-state index is 11.8. The highest BCUT2D eigenvalue weighted by molar-refractivity contribution is 7.00. The van der Waals surface area contributed by atoms with Crippen LogP contribution in [0.1, 0.15) is 117 Å². The molecule has 0 aliphatic carbocycles. The zero-order valence-corrected chi connectivity index (χ0v) is 54.4. The van der Waals surface area contributed by atoms with Gasteiger partial charge >= 0.3 is 0 Å². The molecular weight excluding hydrogens is 1160 g/mol. The number of hydrogen-bond acceptors (Lipinski definition) is 2. The SMILES string of the molecule is [2H]c1c([2H])c(-n2c3c([2H])c([2H])c([2H])c([2H])c3c3c([2H])c([2H])c([2H])c([2H])c32)c([2H])c2c1B1c3c(cc(C(C)(C)C)cc3N(c3c(-c4ccccc4)cc(C(C)(C)C)cc3-c3ccccc3)c3c([2H])c(-n4c5c([2H])c([2H])c([2H])c([2H])c5c5c([2H])c([2H])c([2H])c([2H])c54)c([2H])c(C([2H])([2H])[2H])c31)N2c1c(-c2ccccc2)cc(C(C)(C)C)cc1-c1ccccc1. The van der Waals surface area contributed by atoms with Crippen molar-refractivity contribution < 1.29 is 32.9 Å². The fourth-order valence-electron chi connectivity index (χ4n) is 14.1. The van der Waals surface area contributed by atoms with E-state index in [0.29, 0.717) is 61.4 Å². The molecule has 0 unspecified atom stereocenters. The first kappa shape index (κ1) is 38.5.